The molecule has 0 spiro atoms. The minimum atomic E-state index is 0.315. The van der Waals surface area contributed by atoms with Crippen LogP contribution in [0.2, 0.25) is 0 Å². The highest BCUT2D eigenvalue weighted by Crippen LogP contribution is 2.40. The first kappa shape index (κ1) is 13.1. The number of aryl methyl sites for hydroxylation is 3. The Labute approximate surface area is 113 Å². The minimum Gasteiger partial charge on any atom is -0.376 e. The molecule has 0 amide bonds. The summed E-state index contributed by atoms with van der Waals surface area (Å²) in [6.45, 7) is 9.73. The van der Waals surface area contributed by atoms with Gasteiger partial charge in [-0.15, -0.1) is 0 Å². The highest BCUT2D eigenvalue weighted by molar-refractivity contribution is 9.09. The largest absolute Gasteiger partial charge is 0.376 e. The summed E-state index contributed by atoms with van der Waals surface area (Å²) in [5, 5.41) is 0. The van der Waals surface area contributed by atoms with Crippen molar-refractivity contribution < 1.29 is 4.74 Å². The first-order valence-electron chi connectivity index (χ1n) is 6.34. The lowest BCUT2D eigenvalue weighted by Gasteiger charge is -2.24. The van der Waals surface area contributed by atoms with E-state index in [9.17, 15) is 0 Å². The lowest BCUT2D eigenvalue weighted by atomic mass is 9.91. The molecule has 0 aliphatic carbocycles. The van der Waals surface area contributed by atoms with E-state index in [0.717, 1.165) is 6.61 Å². The molecule has 3 unspecified atom stereocenters. The van der Waals surface area contributed by atoms with E-state index >= 15 is 0 Å². The lowest BCUT2D eigenvalue weighted by molar-refractivity contribution is 0.0932. The summed E-state index contributed by atoms with van der Waals surface area (Å²) in [4.78, 5) is 0.320. The number of halogens is 1. The van der Waals surface area contributed by atoms with Gasteiger partial charge in [0.15, 0.2) is 0 Å². The van der Waals surface area contributed by atoms with Gasteiger partial charge < -0.3 is 4.74 Å². The molecule has 17 heavy (non-hydrogen) atoms. The van der Waals surface area contributed by atoms with Gasteiger partial charge in [-0.1, -0.05) is 40.5 Å². The monoisotopic (exact) mass is 296 g/mol. The molecule has 1 aromatic rings. The zero-order valence-corrected chi connectivity index (χ0v) is 12.7. The van der Waals surface area contributed by atoms with Crippen LogP contribution >= 0.6 is 15.9 Å². The highest BCUT2D eigenvalue weighted by Gasteiger charge is 2.32. The van der Waals surface area contributed by atoms with Crippen LogP contribution < -0.4 is 0 Å². The Morgan fingerprint density at radius 2 is 1.82 bits per heavy atom. The SMILES string of the molecule is Cc1cc(C)c(C(Br)C2OCCC2C)c(C)c1. The minimum absolute atomic E-state index is 0.315. The smallest absolute Gasteiger partial charge is 0.0767 e. The molecule has 1 fully saturated rings. The summed E-state index contributed by atoms with van der Waals surface area (Å²) in [6.07, 6.45) is 1.49. The summed E-state index contributed by atoms with van der Waals surface area (Å²) >= 11 is 3.85. The molecule has 1 aliphatic heterocycles. The van der Waals surface area contributed by atoms with E-state index in [1.165, 1.54) is 28.7 Å². The molecule has 1 nitrogen and oxygen atoms in total. The molecule has 0 saturated carbocycles. The molecule has 3 atom stereocenters. The van der Waals surface area contributed by atoms with Crippen LogP contribution in [-0.4, -0.2) is 12.7 Å². The van der Waals surface area contributed by atoms with Gasteiger partial charge >= 0.3 is 0 Å². The standard InChI is InChI=1S/C15H21BrO/c1-9-7-11(3)13(12(4)8-9)14(16)15-10(2)5-6-17-15/h7-8,10,14-15H,5-6H2,1-4H3. The Hall–Kier alpha value is -0.340. The van der Waals surface area contributed by atoms with E-state index in [4.69, 9.17) is 4.74 Å². The molecular weight excluding hydrogens is 276 g/mol. The van der Waals surface area contributed by atoms with Crippen LogP contribution in [0, 0.1) is 26.7 Å². The Kier molecular flexibility index (Phi) is 3.94. The predicted octanol–water partition coefficient (Wildman–Crippen LogP) is 4.47. The Morgan fingerprint density at radius 3 is 2.29 bits per heavy atom. The van der Waals surface area contributed by atoms with Crippen molar-refractivity contribution in [2.75, 3.05) is 6.61 Å². The van der Waals surface area contributed by atoms with Gasteiger partial charge in [0.1, 0.15) is 0 Å². The zero-order valence-electron chi connectivity index (χ0n) is 11.1. The van der Waals surface area contributed by atoms with Crippen molar-refractivity contribution in [3.8, 4) is 0 Å². The number of rotatable bonds is 2. The fraction of sp³-hybridized carbons (Fsp3) is 0.600. The molecule has 2 rings (SSSR count). The van der Waals surface area contributed by atoms with Crippen molar-refractivity contribution in [1.29, 1.82) is 0 Å². The zero-order chi connectivity index (χ0) is 12.6. The number of benzene rings is 1. The predicted molar refractivity (Wildman–Crippen MR) is 75.8 cm³/mol. The summed E-state index contributed by atoms with van der Waals surface area (Å²) in [5.74, 6) is 0.638. The number of alkyl halides is 1. The van der Waals surface area contributed by atoms with Crippen molar-refractivity contribution in [2.45, 2.75) is 45.0 Å². The first-order chi connectivity index (χ1) is 8.00. The number of hydrogen-bond acceptors (Lipinski definition) is 1. The van der Waals surface area contributed by atoms with Gasteiger partial charge in [0, 0.05) is 6.61 Å². The van der Waals surface area contributed by atoms with E-state index in [1.807, 2.05) is 0 Å². The molecule has 1 saturated heterocycles. The van der Waals surface area contributed by atoms with Crippen LogP contribution in [0.15, 0.2) is 12.1 Å². The molecule has 1 aliphatic rings. The van der Waals surface area contributed by atoms with E-state index < -0.39 is 0 Å². The van der Waals surface area contributed by atoms with Gasteiger partial charge in [0.05, 0.1) is 10.9 Å². The number of ether oxygens (including phenoxy) is 1. The molecule has 0 bridgehead atoms. The quantitative estimate of drug-likeness (QED) is 0.732. The van der Waals surface area contributed by atoms with Crippen LogP contribution in [0.4, 0.5) is 0 Å². The fourth-order valence-corrected chi connectivity index (χ4v) is 4.28. The second-order valence-electron chi connectivity index (χ2n) is 5.32. The van der Waals surface area contributed by atoms with Crippen molar-refractivity contribution >= 4 is 15.9 Å². The molecule has 0 radical (unpaired) electrons. The van der Waals surface area contributed by atoms with E-state index in [2.05, 4.69) is 55.8 Å². The normalized spacial score (nSPS) is 26.2. The summed E-state index contributed by atoms with van der Waals surface area (Å²) in [6, 6.07) is 4.52. The summed E-state index contributed by atoms with van der Waals surface area (Å²) in [5.41, 5.74) is 5.48. The molecule has 2 heteroatoms. The van der Waals surface area contributed by atoms with Gasteiger partial charge in [-0.25, -0.2) is 0 Å². The molecule has 0 N–H and O–H groups in total. The molecular formula is C15H21BrO. The van der Waals surface area contributed by atoms with Crippen LogP contribution in [0.25, 0.3) is 0 Å². The van der Waals surface area contributed by atoms with Crippen molar-refractivity contribution in [2.24, 2.45) is 5.92 Å². The van der Waals surface area contributed by atoms with Crippen molar-refractivity contribution in [3.05, 3.63) is 34.4 Å². The maximum Gasteiger partial charge on any atom is 0.0767 e. The van der Waals surface area contributed by atoms with E-state index in [0.29, 0.717) is 16.8 Å². The second-order valence-corrected chi connectivity index (χ2v) is 6.30. The average Bonchev–Trinajstić information content (AvgIpc) is 2.62. The van der Waals surface area contributed by atoms with Gasteiger partial charge in [-0.3, -0.25) is 0 Å². The van der Waals surface area contributed by atoms with Crippen LogP contribution in [-0.2, 0) is 4.74 Å². The topological polar surface area (TPSA) is 9.23 Å². The highest BCUT2D eigenvalue weighted by atomic mass is 79.9. The second kappa shape index (κ2) is 5.11. The van der Waals surface area contributed by atoms with E-state index in [-0.39, 0.29) is 0 Å². The average molecular weight is 297 g/mol. The van der Waals surface area contributed by atoms with Crippen LogP contribution in [0.5, 0.6) is 0 Å². The third-order valence-corrected chi connectivity index (χ3v) is 4.73. The van der Waals surface area contributed by atoms with Gasteiger partial charge in [-0.2, -0.15) is 0 Å². The lowest BCUT2D eigenvalue weighted by Crippen LogP contribution is -2.20. The van der Waals surface area contributed by atoms with Crippen molar-refractivity contribution in [3.63, 3.8) is 0 Å². The molecule has 1 aromatic carbocycles. The first-order valence-corrected chi connectivity index (χ1v) is 7.25. The van der Waals surface area contributed by atoms with Crippen LogP contribution in [0.3, 0.4) is 0 Å². The third kappa shape index (κ3) is 2.58. The van der Waals surface area contributed by atoms with Crippen molar-refractivity contribution in [1.82, 2.24) is 0 Å². The summed E-state index contributed by atoms with van der Waals surface area (Å²) < 4.78 is 5.87. The van der Waals surface area contributed by atoms with E-state index in [1.54, 1.807) is 0 Å². The molecule has 0 aromatic heterocycles. The maximum absolute atomic E-state index is 5.87. The number of hydrogen-bond donors (Lipinski definition) is 0. The Balaban J connectivity index is 2.33. The maximum atomic E-state index is 5.87. The Bertz CT molecular complexity index is 390. The summed E-state index contributed by atoms with van der Waals surface area (Å²) in [7, 11) is 0. The van der Waals surface area contributed by atoms with Gasteiger partial charge in [0.25, 0.3) is 0 Å². The molecule has 1 heterocycles. The molecule has 94 valence electrons. The van der Waals surface area contributed by atoms with Crippen LogP contribution in [0.1, 0.15) is 40.4 Å². The third-order valence-electron chi connectivity index (χ3n) is 3.75. The fourth-order valence-electron chi connectivity index (χ4n) is 2.88. The van der Waals surface area contributed by atoms with Gasteiger partial charge in [-0.05, 0) is 49.8 Å². The Morgan fingerprint density at radius 1 is 1.24 bits per heavy atom. The van der Waals surface area contributed by atoms with Gasteiger partial charge in [0.2, 0.25) is 0 Å².